The van der Waals surface area contributed by atoms with Gasteiger partial charge in [-0.05, 0) is 72.5 Å². The van der Waals surface area contributed by atoms with Crippen molar-refractivity contribution in [2.24, 2.45) is 0 Å². The average molecular weight is 753 g/mol. The van der Waals surface area contributed by atoms with Crippen molar-refractivity contribution in [2.45, 2.75) is 55.6 Å². The lowest BCUT2D eigenvalue weighted by Crippen LogP contribution is -2.54. The van der Waals surface area contributed by atoms with Gasteiger partial charge in [-0.15, -0.1) is 0 Å². The first-order valence-corrected chi connectivity index (χ1v) is 18.2. The molecular formula is C37H39BrFN3O6S. The zero-order valence-electron chi connectivity index (χ0n) is 27.4. The summed E-state index contributed by atoms with van der Waals surface area (Å²) in [5, 5.41) is 3.16. The van der Waals surface area contributed by atoms with Crippen LogP contribution in [0.25, 0.3) is 0 Å². The number of amides is 2. The topological polar surface area (TPSA) is 105 Å². The van der Waals surface area contributed by atoms with E-state index in [1.807, 2.05) is 54.6 Å². The largest absolute Gasteiger partial charge is 0.493 e. The first-order chi connectivity index (χ1) is 23.6. The highest BCUT2D eigenvalue weighted by molar-refractivity contribution is 9.10. The quantitative estimate of drug-likeness (QED) is 0.158. The van der Waals surface area contributed by atoms with Crippen LogP contribution in [0.5, 0.6) is 11.5 Å². The Bertz CT molecular complexity index is 1850. The maximum absolute atomic E-state index is 14.7. The molecule has 4 aromatic carbocycles. The zero-order valence-corrected chi connectivity index (χ0v) is 29.8. The monoisotopic (exact) mass is 751 g/mol. The highest BCUT2D eigenvalue weighted by Gasteiger charge is 2.36. The van der Waals surface area contributed by atoms with Crippen molar-refractivity contribution in [3.05, 3.63) is 118 Å². The van der Waals surface area contributed by atoms with Crippen molar-refractivity contribution in [1.29, 1.82) is 0 Å². The van der Waals surface area contributed by atoms with Crippen LogP contribution in [0.3, 0.4) is 0 Å². The van der Waals surface area contributed by atoms with Gasteiger partial charge in [-0.3, -0.25) is 13.9 Å². The van der Waals surface area contributed by atoms with Crippen molar-refractivity contribution in [2.75, 3.05) is 25.1 Å². The van der Waals surface area contributed by atoms with Gasteiger partial charge in [-0.2, -0.15) is 0 Å². The van der Waals surface area contributed by atoms with E-state index in [1.165, 1.54) is 49.5 Å². The molecule has 0 unspecified atom stereocenters. The molecule has 1 saturated carbocycles. The molecule has 49 heavy (non-hydrogen) atoms. The number of rotatable bonds is 14. The number of nitrogens with one attached hydrogen (secondary N) is 1. The van der Waals surface area contributed by atoms with E-state index in [1.54, 1.807) is 0 Å². The third kappa shape index (κ3) is 8.98. The fourth-order valence-corrected chi connectivity index (χ4v) is 7.87. The van der Waals surface area contributed by atoms with E-state index in [9.17, 15) is 22.4 Å². The molecule has 1 aliphatic rings. The Kier molecular flexibility index (Phi) is 11.9. The predicted molar refractivity (Wildman–Crippen MR) is 190 cm³/mol. The normalized spacial score (nSPS) is 13.8. The van der Waals surface area contributed by atoms with Crippen LogP contribution < -0.4 is 19.1 Å². The summed E-state index contributed by atoms with van der Waals surface area (Å²) in [7, 11) is -1.61. The summed E-state index contributed by atoms with van der Waals surface area (Å²) in [6, 6.07) is 24.8. The molecule has 0 aromatic heterocycles. The van der Waals surface area contributed by atoms with Gasteiger partial charge in [0.25, 0.3) is 10.0 Å². The number of hydrogen-bond donors (Lipinski definition) is 1. The summed E-state index contributed by atoms with van der Waals surface area (Å²) < 4.78 is 55.1. The molecule has 1 N–H and O–H groups in total. The molecule has 1 aliphatic carbocycles. The molecule has 0 spiro atoms. The first-order valence-electron chi connectivity index (χ1n) is 16.0. The number of methoxy groups -OCH3 is 2. The van der Waals surface area contributed by atoms with Crippen LogP contribution in [0.4, 0.5) is 10.1 Å². The lowest BCUT2D eigenvalue weighted by molar-refractivity contribution is -0.140. The Hall–Kier alpha value is -4.42. The number of halogens is 2. The number of hydrogen-bond acceptors (Lipinski definition) is 6. The molecule has 0 bridgehead atoms. The van der Waals surface area contributed by atoms with Crippen molar-refractivity contribution in [3.63, 3.8) is 0 Å². The number of sulfonamides is 1. The highest BCUT2D eigenvalue weighted by atomic mass is 79.9. The number of anilines is 1. The number of nitrogens with zero attached hydrogens (tertiary/aromatic N) is 2. The van der Waals surface area contributed by atoms with Gasteiger partial charge >= 0.3 is 0 Å². The number of ether oxygens (including phenoxy) is 2. The molecule has 0 radical (unpaired) electrons. The maximum atomic E-state index is 14.7. The van der Waals surface area contributed by atoms with Crippen LogP contribution in [0.15, 0.2) is 106 Å². The van der Waals surface area contributed by atoms with E-state index >= 15 is 0 Å². The second kappa shape index (κ2) is 16.3. The van der Waals surface area contributed by atoms with Crippen molar-refractivity contribution >= 4 is 43.5 Å². The summed E-state index contributed by atoms with van der Waals surface area (Å²) in [6.07, 6.45) is 3.93. The van der Waals surface area contributed by atoms with Crippen molar-refractivity contribution < 1.29 is 31.9 Å². The first kappa shape index (κ1) is 35.9. The third-order valence-electron chi connectivity index (χ3n) is 8.55. The second-order valence-electron chi connectivity index (χ2n) is 11.9. The van der Waals surface area contributed by atoms with Gasteiger partial charge in [0.05, 0.1) is 24.8 Å². The Labute approximate surface area is 295 Å². The second-order valence-corrected chi connectivity index (χ2v) is 14.6. The average Bonchev–Trinajstić information content (AvgIpc) is 3.62. The van der Waals surface area contributed by atoms with Crippen LogP contribution in [-0.2, 0) is 32.6 Å². The van der Waals surface area contributed by atoms with E-state index in [-0.39, 0.29) is 41.2 Å². The van der Waals surface area contributed by atoms with Gasteiger partial charge in [0.15, 0.2) is 11.5 Å². The molecule has 9 nitrogen and oxygen atoms in total. The summed E-state index contributed by atoms with van der Waals surface area (Å²) in [5.41, 5.74) is 1.65. The van der Waals surface area contributed by atoms with E-state index in [4.69, 9.17) is 9.47 Å². The van der Waals surface area contributed by atoms with Gasteiger partial charge in [0, 0.05) is 29.5 Å². The molecule has 1 fully saturated rings. The Morgan fingerprint density at radius 2 is 1.55 bits per heavy atom. The number of carbonyl (C=O) groups is 2. The van der Waals surface area contributed by atoms with E-state index in [0.717, 1.165) is 57.7 Å². The van der Waals surface area contributed by atoms with Gasteiger partial charge < -0.3 is 19.7 Å². The molecule has 12 heteroatoms. The van der Waals surface area contributed by atoms with Crippen LogP contribution in [-0.4, -0.2) is 58.0 Å². The molecule has 0 aliphatic heterocycles. The zero-order chi connectivity index (χ0) is 35.0. The SMILES string of the molecule is COc1ccc(S(=O)(=O)N(CC(=O)N(Cc2cccc(Br)c2)[C@H](Cc2ccccc2)C(=O)NC2CCCC2)c2ccc(F)cc2)cc1OC. The molecule has 5 rings (SSSR count). The predicted octanol–water partition coefficient (Wildman–Crippen LogP) is 6.50. The Balaban J connectivity index is 1.58. The maximum Gasteiger partial charge on any atom is 0.264 e. The Morgan fingerprint density at radius 3 is 2.20 bits per heavy atom. The lowest BCUT2D eigenvalue weighted by Gasteiger charge is -2.34. The summed E-state index contributed by atoms with van der Waals surface area (Å²) in [4.78, 5) is 30.1. The lowest BCUT2D eigenvalue weighted by atomic mass is 10.0. The van der Waals surface area contributed by atoms with E-state index in [2.05, 4.69) is 21.2 Å². The van der Waals surface area contributed by atoms with Gasteiger partial charge in [-0.25, -0.2) is 12.8 Å². The van der Waals surface area contributed by atoms with Crippen LogP contribution in [0.1, 0.15) is 36.8 Å². The van der Waals surface area contributed by atoms with Crippen LogP contribution >= 0.6 is 15.9 Å². The molecule has 0 saturated heterocycles. The van der Waals surface area contributed by atoms with E-state index in [0.29, 0.717) is 5.75 Å². The molecule has 1 atom stereocenters. The van der Waals surface area contributed by atoms with Crippen molar-refractivity contribution in [3.8, 4) is 11.5 Å². The fraction of sp³-hybridized carbons (Fsp3) is 0.297. The summed E-state index contributed by atoms with van der Waals surface area (Å²) in [6.45, 7) is -0.639. The molecule has 4 aromatic rings. The van der Waals surface area contributed by atoms with Gasteiger partial charge in [0.1, 0.15) is 18.4 Å². The number of carbonyl (C=O) groups excluding carboxylic acids is 2. The summed E-state index contributed by atoms with van der Waals surface area (Å²) in [5.74, 6) is -0.993. The minimum Gasteiger partial charge on any atom is -0.493 e. The third-order valence-corrected chi connectivity index (χ3v) is 10.8. The van der Waals surface area contributed by atoms with Gasteiger partial charge in [-0.1, -0.05) is 71.2 Å². The van der Waals surface area contributed by atoms with Gasteiger partial charge in [0.2, 0.25) is 11.8 Å². The van der Waals surface area contributed by atoms with E-state index < -0.39 is 34.3 Å². The molecule has 258 valence electrons. The molecular weight excluding hydrogens is 713 g/mol. The minimum atomic E-state index is -4.44. The highest BCUT2D eigenvalue weighted by Crippen LogP contribution is 2.33. The molecule has 0 heterocycles. The molecule has 2 amide bonds. The fourth-order valence-electron chi connectivity index (χ4n) is 5.99. The number of benzene rings is 4. The van der Waals surface area contributed by atoms with Crippen molar-refractivity contribution in [1.82, 2.24) is 10.2 Å². The minimum absolute atomic E-state index is 0.00487. The standard InChI is InChI=1S/C37H39BrFN3O6S/c1-47-34-20-19-32(23-35(34)48-2)49(45,46)42(31-17-15-29(39)16-18-31)25-36(43)41(24-27-11-8-12-28(38)21-27)33(22-26-9-4-3-5-10-26)37(44)40-30-13-6-7-14-30/h3-5,8-12,15-21,23,30,33H,6-7,13-14,22,24-25H2,1-2H3,(H,40,44)/t33-/m1/s1. The van der Waals surface area contributed by atoms with Crippen LogP contribution in [0.2, 0.25) is 0 Å². The van der Waals surface area contributed by atoms with Crippen LogP contribution in [0, 0.1) is 5.82 Å². The summed E-state index contributed by atoms with van der Waals surface area (Å²) >= 11 is 3.50. The smallest absolute Gasteiger partial charge is 0.264 e. The Morgan fingerprint density at radius 1 is 0.878 bits per heavy atom.